The van der Waals surface area contributed by atoms with E-state index in [2.05, 4.69) is 0 Å². The summed E-state index contributed by atoms with van der Waals surface area (Å²) in [7, 11) is 1.35. The van der Waals surface area contributed by atoms with Gasteiger partial charge in [0.2, 0.25) is 0 Å². The lowest BCUT2D eigenvalue weighted by atomic mass is 9.98. The number of alkyl halides is 2. The molecule has 0 radical (unpaired) electrons. The molecule has 0 unspecified atom stereocenters. The molecule has 0 saturated heterocycles. The van der Waals surface area contributed by atoms with Crippen molar-refractivity contribution in [2.45, 2.75) is 19.8 Å². The lowest BCUT2D eigenvalue weighted by Gasteiger charge is -2.21. The predicted octanol–water partition coefficient (Wildman–Crippen LogP) is 3.02. The molecule has 0 saturated carbocycles. The smallest absolute Gasteiger partial charge is 0.289 e. The van der Waals surface area contributed by atoms with E-state index in [1.54, 1.807) is 6.92 Å². The summed E-state index contributed by atoms with van der Waals surface area (Å²) in [6, 6.07) is 1.49. The summed E-state index contributed by atoms with van der Waals surface area (Å²) in [5.74, 6) is -3.01. The van der Waals surface area contributed by atoms with Crippen molar-refractivity contribution in [2.75, 3.05) is 13.7 Å². The third-order valence-electron chi connectivity index (χ3n) is 2.49. The second-order valence-electron chi connectivity index (χ2n) is 3.62. The van der Waals surface area contributed by atoms with Crippen molar-refractivity contribution in [3.05, 3.63) is 27.8 Å². The highest BCUT2D eigenvalue weighted by molar-refractivity contribution is 6.32. The van der Waals surface area contributed by atoms with E-state index in [-0.39, 0.29) is 11.3 Å². The van der Waals surface area contributed by atoms with E-state index in [9.17, 15) is 8.78 Å². The van der Waals surface area contributed by atoms with E-state index >= 15 is 0 Å². The third-order valence-corrected chi connectivity index (χ3v) is 3.07. The molecular weight excluding hydrogens is 236 g/mol. The molecule has 0 aliphatic carbocycles. The Bertz CT molecular complexity index is 407. The first kappa shape index (κ1) is 13.2. The lowest BCUT2D eigenvalue weighted by Crippen LogP contribution is -2.27. The summed E-state index contributed by atoms with van der Waals surface area (Å²) < 4.78 is 32.2. The topological polar surface area (TPSA) is 35.2 Å². The fourth-order valence-electron chi connectivity index (χ4n) is 1.64. The molecular formula is C11H14ClF2NO. The van der Waals surface area contributed by atoms with E-state index < -0.39 is 12.5 Å². The number of rotatable bonds is 3. The van der Waals surface area contributed by atoms with Crippen LogP contribution < -0.4 is 10.5 Å². The van der Waals surface area contributed by atoms with E-state index in [4.69, 9.17) is 22.1 Å². The van der Waals surface area contributed by atoms with Crippen LogP contribution in [0.15, 0.2) is 6.07 Å². The maximum absolute atomic E-state index is 13.6. The lowest BCUT2D eigenvalue weighted by molar-refractivity contribution is 0.00305. The average molecular weight is 250 g/mol. The molecule has 0 aliphatic heterocycles. The Morgan fingerprint density at radius 2 is 2.00 bits per heavy atom. The Balaban J connectivity index is 3.53. The van der Waals surface area contributed by atoms with Gasteiger partial charge in [-0.15, -0.1) is 0 Å². The van der Waals surface area contributed by atoms with Gasteiger partial charge in [-0.1, -0.05) is 11.6 Å². The maximum atomic E-state index is 13.6. The number of hydrogen-bond acceptors (Lipinski definition) is 2. The van der Waals surface area contributed by atoms with Gasteiger partial charge in [-0.25, -0.2) is 0 Å². The zero-order chi connectivity index (χ0) is 12.5. The zero-order valence-corrected chi connectivity index (χ0v) is 10.2. The molecule has 0 atom stereocenters. The highest BCUT2D eigenvalue weighted by atomic mass is 35.5. The van der Waals surface area contributed by atoms with Crippen LogP contribution in [0.3, 0.4) is 0 Å². The summed E-state index contributed by atoms with van der Waals surface area (Å²) in [6.07, 6.45) is 0. The Kier molecular flexibility index (Phi) is 3.76. The molecule has 5 heteroatoms. The molecule has 0 aromatic heterocycles. The van der Waals surface area contributed by atoms with E-state index in [1.807, 2.05) is 0 Å². The van der Waals surface area contributed by atoms with E-state index in [0.717, 1.165) is 0 Å². The fraction of sp³-hybridized carbons (Fsp3) is 0.455. The van der Waals surface area contributed by atoms with E-state index in [0.29, 0.717) is 16.1 Å². The molecule has 0 bridgehead atoms. The van der Waals surface area contributed by atoms with Crippen molar-refractivity contribution < 1.29 is 13.5 Å². The molecule has 1 rings (SSSR count). The van der Waals surface area contributed by atoms with Crippen LogP contribution in [0.1, 0.15) is 16.7 Å². The summed E-state index contributed by atoms with van der Waals surface area (Å²) in [5, 5.41) is 0.323. The number of halogens is 3. The molecule has 90 valence electrons. The van der Waals surface area contributed by atoms with Gasteiger partial charge in [0.15, 0.2) is 0 Å². The third kappa shape index (κ3) is 2.13. The minimum absolute atomic E-state index is 0.120. The summed E-state index contributed by atoms with van der Waals surface area (Å²) >= 11 is 5.95. The Labute approximate surface area is 98.3 Å². The van der Waals surface area contributed by atoms with Crippen molar-refractivity contribution >= 4 is 11.6 Å². The number of ether oxygens (including phenoxy) is 1. The Hall–Kier alpha value is -0.870. The Morgan fingerprint density at radius 1 is 1.44 bits per heavy atom. The second-order valence-corrected chi connectivity index (χ2v) is 4.00. The van der Waals surface area contributed by atoms with Crippen molar-refractivity contribution in [1.82, 2.24) is 0 Å². The molecule has 1 aromatic rings. The Morgan fingerprint density at radius 3 is 2.44 bits per heavy atom. The minimum Gasteiger partial charge on any atom is -0.496 e. The van der Waals surface area contributed by atoms with Gasteiger partial charge in [-0.05, 0) is 31.0 Å². The molecule has 2 N–H and O–H groups in total. The van der Waals surface area contributed by atoms with Gasteiger partial charge in [0.25, 0.3) is 5.92 Å². The number of methoxy groups -OCH3 is 1. The van der Waals surface area contributed by atoms with Gasteiger partial charge in [0.1, 0.15) is 5.75 Å². The molecule has 2 nitrogen and oxygen atoms in total. The van der Waals surface area contributed by atoms with Crippen LogP contribution in [-0.2, 0) is 5.92 Å². The highest BCUT2D eigenvalue weighted by Gasteiger charge is 2.36. The van der Waals surface area contributed by atoms with Crippen LogP contribution in [0.4, 0.5) is 8.78 Å². The standard InChI is InChI=1S/C11H14ClF2NO/c1-6-4-8(16-3)9(7(2)10(6)12)11(13,14)5-15/h4H,5,15H2,1-3H3. The van der Waals surface area contributed by atoms with Crippen LogP contribution >= 0.6 is 11.6 Å². The summed E-state index contributed by atoms with van der Waals surface area (Å²) in [5.41, 5.74) is 5.86. The summed E-state index contributed by atoms with van der Waals surface area (Å²) in [4.78, 5) is 0. The highest BCUT2D eigenvalue weighted by Crippen LogP contribution is 2.40. The van der Waals surface area contributed by atoms with Crippen LogP contribution in [0, 0.1) is 13.8 Å². The fourth-order valence-corrected chi connectivity index (χ4v) is 1.79. The van der Waals surface area contributed by atoms with Gasteiger partial charge < -0.3 is 10.5 Å². The van der Waals surface area contributed by atoms with Crippen LogP contribution in [-0.4, -0.2) is 13.7 Å². The van der Waals surface area contributed by atoms with Gasteiger partial charge in [0, 0.05) is 5.02 Å². The van der Waals surface area contributed by atoms with E-state index in [1.165, 1.54) is 20.1 Å². The first-order valence-corrected chi connectivity index (χ1v) is 5.15. The monoisotopic (exact) mass is 249 g/mol. The number of hydrogen-bond donors (Lipinski definition) is 1. The van der Waals surface area contributed by atoms with Gasteiger partial charge in [0.05, 0.1) is 19.2 Å². The number of benzene rings is 1. The minimum atomic E-state index is -3.13. The van der Waals surface area contributed by atoms with Gasteiger partial charge >= 0.3 is 0 Å². The predicted molar refractivity (Wildman–Crippen MR) is 60.4 cm³/mol. The molecule has 0 fully saturated rings. The molecule has 1 aromatic carbocycles. The zero-order valence-electron chi connectivity index (χ0n) is 9.40. The SMILES string of the molecule is COc1cc(C)c(Cl)c(C)c1C(F)(F)CN. The molecule has 0 amide bonds. The van der Waals surface area contributed by atoms with Crippen LogP contribution in [0.25, 0.3) is 0 Å². The van der Waals surface area contributed by atoms with Crippen molar-refractivity contribution in [1.29, 1.82) is 0 Å². The quantitative estimate of drug-likeness (QED) is 0.894. The first-order valence-electron chi connectivity index (χ1n) is 4.77. The van der Waals surface area contributed by atoms with Crippen LogP contribution in [0.2, 0.25) is 5.02 Å². The van der Waals surface area contributed by atoms with Gasteiger partial charge in [-0.3, -0.25) is 0 Å². The van der Waals surface area contributed by atoms with Crippen molar-refractivity contribution in [3.8, 4) is 5.75 Å². The first-order chi connectivity index (χ1) is 7.35. The summed E-state index contributed by atoms with van der Waals surface area (Å²) in [6.45, 7) is 2.50. The molecule has 16 heavy (non-hydrogen) atoms. The van der Waals surface area contributed by atoms with Gasteiger partial charge in [-0.2, -0.15) is 8.78 Å². The average Bonchev–Trinajstić information content (AvgIpc) is 2.24. The van der Waals surface area contributed by atoms with Crippen LogP contribution in [0.5, 0.6) is 5.75 Å². The molecule has 0 aliphatic rings. The largest absolute Gasteiger partial charge is 0.496 e. The molecule has 0 heterocycles. The second kappa shape index (κ2) is 4.55. The maximum Gasteiger partial charge on any atom is 0.289 e. The van der Waals surface area contributed by atoms with Crippen molar-refractivity contribution in [3.63, 3.8) is 0 Å². The molecule has 0 spiro atoms. The number of aryl methyl sites for hydroxylation is 1. The van der Waals surface area contributed by atoms with Crippen molar-refractivity contribution in [2.24, 2.45) is 5.73 Å². The normalized spacial score (nSPS) is 11.7. The number of nitrogens with two attached hydrogens (primary N) is 1.